The van der Waals surface area contributed by atoms with Gasteiger partial charge in [0, 0.05) is 5.69 Å². The Morgan fingerprint density at radius 3 is 1.97 bits per heavy atom. The third kappa shape index (κ3) is 3.73. The van der Waals surface area contributed by atoms with Crippen molar-refractivity contribution < 1.29 is 9.59 Å². The summed E-state index contributed by atoms with van der Waals surface area (Å²) in [4.78, 5) is 28.7. The minimum atomic E-state index is -0.336. The summed E-state index contributed by atoms with van der Waals surface area (Å²) in [6.45, 7) is 11.9. The Hall–Kier alpha value is -3.66. The van der Waals surface area contributed by atoms with Crippen molar-refractivity contribution in [1.82, 2.24) is 0 Å². The molecule has 0 saturated heterocycles. The van der Waals surface area contributed by atoms with Crippen molar-refractivity contribution in [3.8, 4) is 0 Å². The number of hydrogen-bond acceptors (Lipinski definition) is 3. The second-order valence-corrected chi connectivity index (χ2v) is 8.73. The van der Waals surface area contributed by atoms with Crippen LogP contribution in [0, 0.1) is 41.5 Å². The number of amides is 2. The van der Waals surface area contributed by atoms with Crippen LogP contribution in [0.15, 0.2) is 60.3 Å². The van der Waals surface area contributed by atoms with Gasteiger partial charge in [-0.25, -0.2) is 4.90 Å². The molecule has 3 aromatic carbocycles. The summed E-state index contributed by atoms with van der Waals surface area (Å²) < 4.78 is 0. The molecule has 0 saturated carbocycles. The summed E-state index contributed by atoms with van der Waals surface area (Å²) in [5.74, 6) is -0.640. The number of carbonyl (C=O) groups is 2. The van der Waals surface area contributed by atoms with E-state index >= 15 is 0 Å². The summed E-state index contributed by atoms with van der Waals surface area (Å²) >= 11 is 0. The van der Waals surface area contributed by atoms with E-state index in [0.717, 1.165) is 39.1 Å². The van der Waals surface area contributed by atoms with Gasteiger partial charge in [-0.3, -0.25) is 9.59 Å². The molecule has 0 unspecified atom stereocenters. The van der Waals surface area contributed by atoms with E-state index < -0.39 is 0 Å². The summed E-state index contributed by atoms with van der Waals surface area (Å²) in [5.41, 5.74) is 9.14. The predicted molar refractivity (Wildman–Crippen MR) is 131 cm³/mol. The summed E-state index contributed by atoms with van der Waals surface area (Å²) in [7, 11) is 0. The molecule has 0 bridgehead atoms. The van der Waals surface area contributed by atoms with E-state index in [2.05, 4.69) is 5.32 Å². The second kappa shape index (κ2) is 8.12. The number of anilines is 2. The number of hydrogen-bond donors (Lipinski definition) is 1. The van der Waals surface area contributed by atoms with Crippen molar-refractivity contribution in [1.29, 1.82) is 0 Å². The van der Waals surface area contributed by atoms with E-state index in [1.807, 2.05) is 96.1 Å². The highest BCUT2D eigenvalue weighted by Crippen LogP contribution is 2.36. The molecule has 0 spiro atoms. The van der Waals surface area contributed by atoms with Crippen LogP contribution in [-0.2, 0) is 9.59 Å². The van der Waals surface area contributed by atoms with Gasteiger partial charge >= 0.3 is 0 Å². The highest BCUT2D eigenvalue weighted by molar-refractivity contribution is 6.46. The maximum absolute atomic E-state index is 13.7. The van der Waals surface area contributed by atoms with Gasteiger partial charge in [-0.1, -0.05) is 42.0 Å². The van der Waals surface area contributed by atoms with Crippen LogP contribution in [-0.4, -0.2) is 11.8 Å². The Bertz CT molecular complexity index is 1300. The van der Waals surface area contributed by atoms with Gasteiger partial charge in [-0.05, 0) is 93.1 Å². The number of rotatable bonds is 4. The van der Waals surface area contributed by atoms with Crippen LogP contribution in [0.4, 0.5) is 11.4 Å². The fourth-order valence-corrected chi connectivity index (χ4v) is 4.13. The lowest BCUT2D eigenvalue weighted by atomic mass is 9.97. The lowest BCUT2D eigenvalue weighted by Crippen LogP contribution is -2.33. The number of carbonyl (C=O) groups excluding carboxylic acids is 2. The molecule has 0 fully saturated rings. The maximum Gasteiger partial charge on any atom is 0.282 e. The molecule has 1 N–H and O–H groups in total. The zero-order chi connectivity index (χ0) is 23.2. The quantitative estimate of drug-likeness (QED) is 0.528. The van der Waals surface area contributed by atoms with Gasteiger partial charge in [0.1, 0.15) is 5.70 Å². The van der Waals surface area contributed by atoms with Crippen molar-refractivity contribution in [3.05, 3.63) is 99.2 Å². The van der Waals surface area contributed by atoms with Crippen LogP contribution in [0.1, 0.15) is 38.9 Å². The number of benzene rings is 3. The maximum atomic E-state index is 13.7. The standard InChI is InChI=1S/C28H28N2O2/c1-16-8-12-23(21(6)13-16)25-26(29-22-11-10-18(3)20(5)15-22)28(32)30(27(25)31)24-14-17(2)7-9-19(24)4/h7-15,29H,1-6H3. The third-order valence-electron chi connectivity index (χ3n) is 6.12. The average Bonchev–Trinajstić information content (AvgIpc) is 2.96. The van der Waals surface area contributed by atoms with Gasteiger partial charge in [0.15, 0.2) is 0 Å². The molecule has 4 heteroatoms. The van der Waals surface area contributed by atoms with Gasteiger partial charge in [0.25, 0.3) is 11.8 Å². The van der Waals surface area contributed by atoms with Crippen LogP contribution >= 0.6 is 0 Å². The lowest BCUT2D eigenvalue weighted by Gasteiger charge is -2.18. The van der Waals surface area contributed by atoms with Crippen LogP contribution in [0.25, 0.3) is 5.57 Å². The average molecular weight is 425 g/mol. The molecule has 32 heavy (non-hydrogen) atoms. The summed E-state index contributed by atoms with van der Waals surface area (Å²) in [6, 6.07) is 17.7. The Morgan fingerprint density at radius 2 is 1.28 bits per heavy atom. The first kappa shape index (κ1) is 21.6. The largest absolute Gasteiger partial charge is 0.350 e. The molecule has 1 aliphatic heterocycles. The van der Waals surface area contributed by atoms with Gasteiger partial charge in [-0.15, -0.1) is 0 Å². The molecular formula is C28H28N2O2. The van der Waals surface area contributed by atoms with E-state index in [-0.39, 0.29) is 11.8 Å². The minimum absolute atomic E-state index is 0.304. The molecule has 1 aliphatic rings. The first-order valence-corrected chi connectivity index (χ1v) is 10.8. The molecule has 2 amide bonds. The van der Waals surface area contributed by atoms with E-state index in [9.17, 15) is 9.59 Å². The van der Waals surface area contributed by atoms with Gasteiger partial charge in [-0.2, -0.15) is 0 Å². The number of nitrogens with one attached hydrogen (secondary N) is 1. The molecule has 0 aromatic heterocycles. The van der Waals surface area contributed by atoms with E-state index in [4.69, 9.17) is 0 Å². The predicted octanol–water partition coefficient (Wildman–Crippen LogP) is 5.93. The molecule has 3 aromatic rings. The van der Waals surface area contributed by atoms with Crippen molar-refractivity contribution >= 4 is 28.8 Å². The third-order valence-corrected chi connectivity index (χ3v) is 6.12. The molecule has 4 nitrogen and oxygen atoms in total. The van der Waals surface area contributed by atoms with Crippen LogP contribution in [0.2, 0.25) is 0 Å². The molecule has 0 radical (unpaired) electrons. The smallest absolute Gasteiger partial charge is 0.282 e. The van der Waals surface area contributed by atoms with E-state index in [1.54, 1.807) is 0 Å². The Kier molecular flexibility index (Phi) is 5.47. The molecule has 1 heterocycles. The zero-order valence-electron chi connectivity index (χ0n) is 19.5. The topological polar surface area (TPSA) is 49.4 Å². The first-order valence-electron chi connectivity index (χ1n) is 10.8. The highest BCUT2D eigenvalue weighted by Gasteiger charge is 2.41. The summed E-state index contributed by atoms with van der Waals surface area (Å²) in [5, 5.41) is 3.28. The summed E-state index contributed by atoms with van der Waals surface area (Å²) in [6.07, 6.45) is 0. The second-order valence-electron chi connectivity index (χ2n) is 8.73. The van der Waals surface area contributed by atoms with Crippen LogP contribution in [0.3, 0.4) is 0 Å². The Morgan fingerprint density at radius 1 is 0.625 bits per heavy atom. The zero-order valence-corrected chi connectivity index (χ0v) is 19.5. The van der Waals surface area contributed by atoms with Gasteiger partial charge in [0.05, 0.1) is 11.3 Å². The van der Waals surface area contributed by atoms with Gasteiger partial charge < -0.3 is 5.32 Å². The minimum Gasteiger partial charge on any atom is -0.350 e. The fourth-order valence-electron chi connectivity index (χ4n) is 4.13. The first-order chi connectivity index (χ1) is 15.2. The fraction of sp³-hybridized carbons (Fsp3) is 0.214. The Labute approximate surface area is 189 Å². The van der Waals surface area contributed by atoms with E-state index in [0.29, 0.717) is 17.0 Å². The number of nitrogens with zero attached hydrogens (tertiary/aromatic N) is 1. The lowest BCUT2D eigenvalue weighted by molar-refractivity contribution is -0.120. The molecule has 0 aliphatic carbocycles. The molecule has 0 atom stereocenters. The van der Waals surface area contributed by atoms with Crippen molar-refractivity contribution in [3.63, 3.8) is 0 Å². The SMILES string of the molecule is Cc1ccc(C2=C(Nc3ccc(C)c(C)c3)C(=O)N(c3cc(C)ccc3C)C2=O)c(C)c1. The monoisotopic (exact) mass is 424 g/mol. The van der Waals surface area contributed by atoms with E-state index in [1.165, 1.54) is 10.5 Å². The van der Waals surface area contributed by atoms with Crippen molar-refractivity contribution in [2.75, 3.05) is 10.2 Å². The van der Waals surface area contributed by atoms with Crippen LogP contribution in [0.5, 0.6) is 0 Å². The van der Waals surface area contributed by atoms with Gasteiger partial charge in [0.2, 0.25) is 0 Å². The molecular weight excluding hydrogens is 396 g/mol. The van der Waals surface area contributed by atoms with Crippen LogP contribution < -0.4 is 10.2 Å². The highest BCUT2D eigenvalue weighted by atomic mass is 16.2. The molecule has 4 rings (SSSR count). The van der Waals surface area contributed by atoms with Crippen molar-refractivity contribution in [2.45, 2.75) is 41.5 Å². The van der Waals surface area contributed by atoms with Crippen molar-refractivity contribution in [2.24, 2.45) is 0 Å². The Balaban J connectivity index is 1.89. The normalized spacial score (nSPS) is 13.9. The number of imide groups is 1. The number of aryl methyl sites for hydroxylation is 6. The molecule has 162 valence electrons.